The van der Waals surface area contributed by atoms with Crippen LogP contribution in [0, 0.1) is 0 Å². The molecule has 7 nitrogen and oxygen atoms in total. The van der Waals surface area contributed by atoms with Crippen molar-refractivity contribution in [2.75, 3.05) is 0 Å². The number of rotatable bonds is 6. The van der Waals surface area contributed by atoms with Gasteiger partial charge in [0.05, 0.1) is 18.3 Å². The second kappa shape index (κ2) is 6.51. The highest BCUT2D eigenvalue weighted by molar-refractivity contribution is 5.87. The van der Waals surface area contributed by atoms with E-state index in [1.807, 2.05) is 0 Å². The minimum Gasteiger partial charge on any atom is -0.478 e. The number of aromatic nitrogens is 1. The van der Waals surface area contributed by atoms with Crippen LogP contribution in [0.1, 0.15) is 46.3 Å². The fourth-order valence-corrected chi connectivity index (χ4v) is 2.10. The highest BCUT2D eigenvalue weighted by Crippen LogP contribution is 2.39. The molecule has 1 fully saturated rings. The zero-order chi connectivity index (χ0) is 16.2. The van der Waals surface area contributed by atoms with E-state index in [1.54, 1.807) is 18.3 Å². The molecular formula is C16H17N3O4. The third kappa shape index (κ3) is 4.09. The molecule has 23 heavy (non-hydrogen) atoms. The number of amides is 2. The van der Waals surface area contributed by atoms with Crippen molar-refractivity contribution in [1.82, 2.24) is 15.6 Å². The molecule has 3 N–H and O–H groups in total. The van der Waals surface area contributed by atoms with Gasteiger partial charge < -0.3 is 20.2 Å². The zero-order valence-corrected chi connectivity index (χ0v) is 12.4. The van der Waals surface area contributed by atoms with Crippen LogP contribution < -0.4 is 10.6 Å². The largest absolute Gasteiger partial charge is 0.478 e. The van der Waals surface area contributed by atoms with Crippen LogP contribution >= 0.6 is 0 Å². The summed E-state index contributed by atoms with van der Waals surface area (Å²) in [6.07, 6.45) is 3.88. The molecule has 7 heteroatoms. The Labute approximate surface area is 132 Å². The molecular weight excluding hydrogens is 298 g/mol. The van der Waals surface area contributed by atoms with Gasteiger partial charge in [-0.1, -0.05) is 12.1 Å². The van der Waals surface area contributed by atoms with Crippen molar-refractivity contribution in [3.63, 3.8) is 0 Å². The number of carboxylic acids is 1. The molecule has 2 aromatic rings. The number of oxazole rings is 1. The molecule has 1 aromatic carbocycles. The number of carboxylic acid groups (broad SMARTS) is 1. The number of hydrogen-bond donors (Lipinski definition) is 3. The molecule has 0 spiro atoms. The Kier molecular flexibility index (Phi) is 4.27. The van der Waals surface area contributed by atoms with Crippen LogP contribution in [0.4, 0.5) is 4.79 Å². The van der Waals surface area contributed by atoms with Crippen molar-refractivity contribution in [1.29, 1.82) is 0 Å². The first-order valence-electron chi connectivity index (χ1n) is 7.40. The summed E-state index contributed by atoms with van der Waals surface area (Å²) in [5.41, 5.74) is 1.04. The van der Waals surface area contributed by atoms with Crippen molar-refractivity contribution >= 4 is 12.0 Å². The van der Waals surface area contributed by atoms with Crippen molar-refractivity contribution < 1.29 is 19.1 Å². The van der Waals surface area contributed by atoms with Gasteiger partial charge in [-0.2, -0.15) is 0 Å². The lowest BCUT2D eigenvalue weighted by molar-refractivity contribution is 0.0697. The molecule has 1 aliphatic carbocycles. The first-order chi connectivity index (χ1) is 11.1. The van der Waals surface area contributed by atoms with Gasteiger partial charge in [0.15, 0.2) is 5.89 Å². The predicted octanol–water partition coefficient (Wildman–Crippen LogP) is 2.25. The number of nitrogens with zero attached hydrogens (tertiary/aromatic N) is 1. The molecule has 1 saturated carbocycles. The Morgan fingerprint density at radius 1 is 1.17 bits per heavy atom. The summed E-state index contributed by atoms with van der Waals surface area (Å²) >= 11 is 0. The SMILES string of the molecule is O=C(NCc1ccc(C(=O)O)cc1)NCc1cnc(C2CC2)o1. The molecule has 0 radical (unpaired) electrons. The molecule has 0 saturated heterocycles. The molecule has 0 aliphatic heterocycles. The van der Waals surface area contributed by atoms with Gasteiger partial charge in [-0.3, -0.25) is 0 Å². The van der Waals surface area contributed by atoms with Gasteiger partial charge in [0.1, 0.15) is 5.76 Å². The maximum Gasteiger partial charge on any atom is 0.335 e. The van der Waals surface area contributed by atoms with E-state index in [4.69, 9.17) is 9.52 Å². The van der Waals surface area contributed by atoms with Gasteiger partial charge in [-0.15, -0.1) is 0 Å². The Morgan fingerprint density at radius 2 is 1.87 bits per heavy atom. The molecule has 0 unspecified atom stereocenters. The standard InChI is InChI=1S/C16H17N3O4/c20-15(21)12-3-1-10(2-4-12)7-18-16(22)19-9-13-8-17-14(23-13)11-5-6-11/h1-4,8,11H,5-7,9H2,(H,20,21)(H2,18,19,22). The number of carbonyl (C=O) groups is 2. The highest BCUT2D eigenvalue weighted by atomic mass is 16.4. The Morgan fingerprint density at radius 3 is 2.52 bits per heavy atom. The van der Waals surface area contributed by atoms with E-state index in [1.165, 1.54) is 12.1 Å². The quantitative estimate of drug-likeness (QED) is 0.758. The third-order valence-electron chi connectivity index (χ3n) is 3.58. The van der Waals surface area contributed by atoms with Gasteiger partial charge in [-0.25, -0.2) is 14.6 Å². The van der Waals surface area contributed by atoms with Gasteiger partial charge in [0, 0.05) is 12.5 Å². The van der Waals surface area contributed by atoms with E-state index in [2.05, 4.69) is 15.6 Å². The minimum absolute atomic E-state index is 0.218. The monoisotopic (exact) mass is 315 g/mol. The second-order valence-corrected chi connectivity index (χ2v) is 5.48. The lowest BCUT2D eigenvalue weighted by Crippen LogP contribution is -2.34. The number of nitrogens with one attached hydrogen (secondary N) is 2. The molecule has 120 valence electrons. The van der Waals surface area contributed by atoms with Gasteiger partial charge in [0.2, 0.25) is 0 Å². The van der Waals surface area contributed by atoms with Crippen molar-refractivity contribution in [3.05, 3.63) is 53.2 Å². The minimum atomic E-state index is -0.972. The number of carbonyl (C=O) groups excluding carboxylic acids is 1. The second-order valence-electron chi connectivity index (χ2n) is 5.48. The summed E-state index contributed by atoms with van der Waals surface area (Å²) < 4.78 is 5.55. The van der Waals surface area contributed by atoms with Crippen molar-refractivity contribution in [3.8, 4) is 0 Å². The summed E-state index contributed by atoms with van der Waals surface area (Å²) in [7, 11) is 0. The average Bonchev–Trinajstić information content (AvgIpc) is 3.30. The van der Waals surface area contributed by atoms with Crippen molar-refractivity contribution in [2.24, 2.45) is 0 Å². The fraction of sp³-hybridized carbons (Fsp3) is 0.312. The van der Waals surface area contributed by atoms with Gasteiger partial charge in [-0.05, 0) is 30.5 Å². The highest BCUT2D eigenvalue weighted by Gasteiger charge is 2.28. The van der Waals surface area contributed by atoms with Crippen molar-refractivity contribution in [2.45, 2.75) is 31.8 Å². The van der Waals surface area contributed by atoms with E-state index < -0.39 is 5.97 Å². The molecule has 3 rings (SSSR count). The maximum atomic E-state index is 11.7. The summed E-state index contributed by atoms with van der Waals surface area (Å²) in [5, 5.41) is 14.2. The normalized spacial score (nSPS) is 13.6. The summed E-state index contributed by atoms with van der Waals surface area (Å²) in [4.78, 5) is 26.7. The third-order valence-corrected chi connectivity index (χ3v) is 3.58. The van der Waals surface area contributed by atoms with Crippen LogP contribution in [0.2, 0.25) is 0 Å². The molecule has 1 heterocycles. The summed E-state index contributed by atoms with van der Waals surface area (Å²) in [6, 6.07) is 6.03. The summed E-state index contributed by atoms with van der Waals surface area (Å²) in [6.45, 7) is 0.596. The van der Waals surface area contributed by atoms with Gasteiger partial charge in [0.25, 0.3) is 0 Å². The predicted molar refractivity (Wildman–Crippen MR) is 81.0 cm³/mol. The van der Waals surface area contributed by atoms with E-state index in [0.29, 0.717) is 18.2 Å². The van der Waals surface area contributed by atoms with Crippen LogP contribution in [0.25, 0.3) is 0 Å². The first kappa shape index (κ1) is 15.1. The number of hydrogen-bond acceptors (Lipinski definition) is 4. The number of urea groups is 1. The molecule has 0 atom stereocenters. The van der Waals surface area contributed by atoms with Crippen LogP contribution in [0.5, 0.6) is 0 Å². The Hall–Kier alpha value is -2.83. The molecule has 0 bridgehead atoms. The number of benzene rings is 1. The van der Waals surface area contributed by atoms with Crippen LogP contribution in [0.3, 0.4) is 0 Å². The van der Waals surface area contributed by atoms with E-state index in [-0.39, 0.29) is 18.1 Å². The zero-order valence-electron chi connectivity index (χ0n) is 12.4. The van der Waals surface area contributed by atoms with Crippen LogP contribution in [-0.2, 0) is 13.1 Å². The molecule has 2 amide bonds. The van der Waals surface area contributed by atoms with E-state index in [9.17, 15) is 9.59 Å². The lowest BCUT2D eigenvalue weighted by Gasteiger charge is -2.06. The molecule has 1 aromatic heterocycles. The molecule has 1 aliphatic rings. The van der Waals surface area contributed by atoms with E-state index >= 15 is 0 Å². The topological polar surface area (TPSA) is 104 Å². The smallest absolute Gasteiger partial charge is 0.335 e. The van der Waals surface area contributed by atoms with Crippen LogP contribution in [0.15, 0.2) is 34.9 Å². The first-order valence-corrected chi connectivity index (χ1v) is 7.40. The lowest BCUT2D eigenvalue weighted by atomic mass is 10.1. The van der Waals surface area contributed by atoms with Crippen LogP contribution in [-0.4, -0.2) is 22.1 Å². The fourth-order valence-electron chi connectivity index (χ4n) is 2.10. The maximum absolute atomic E-state index is 11.7. The number of aromatic carboxylic acids is 1. The average molecular weight is 315 g/mol. The Balaban J connectivity index is 1.42. The van der Waals surface area contributed by atoms with E-state index in [0.717, 1.165) is 24.3 Å². The summed E-state index contributed by atoms with van der Waals surface area (Å²) in [5.74, 6) is 0.861. The van der Waals surface area contributed by atoms with Gasteiger partial charge >= 0.3 is 12.0 Å². The Bertz CT molecular complexity index is 704.